The van der Waals surface area contributed by atoms with Crippen LogP contribution in [0.5, 0.6) is 5.75 Å². The summed E-state index contributed by atoms with van der Waals surface area (Å²) in [6.45, 7) is 14.3. The van der Waals surface area contributed by atoms with Crippen molar-refractivity contribution < 1.29 is 28.2 Å². The molecule has 1 fully saturated rings. The number of amides is 1. The smallest absolute Gasteiger partial charge is 0.408 e. The van der Waals surface area contributed by atoms with E-state index in [0.717, 1.165) is 0 Å². The van der Waals surface area contributed by atoms with E-state index in [9.17, 15) is 14.0 Å². The van der Waals surface area contributed by atoms with Crippen molar-refractivity contribution in [3.8, 4) is 5.75 Å². The summed E-state index contributed by atoms with van der Waals surface area (Å²) in [5.74, 6) is -0.233. The molecule has 1 aliphatic heterocycles. The number of aryl methyl sites for hydroxylation is 2. The average Bonchev–Trinajstić information content (AvgIpc) is 2.80. The number of hydrogen-bond donors (Lipinski definition) is 0. The monoisotopic (exact) mass is 888 g/mol. The van der Waals surface area contributed by atoms with E-state index < -0.39 is 17.7 Å². The van der Waals surface area contributed by atoms with Gasteiger partial charge in [-0.05, 0) is 87.5 Å². The molecule has 217 valence electrons. The van der Waals surface area contributed by atoms with E-state index in [4.69, 9.17) is 14.2 Å². The molecule has 1 radical (unpaired) electrons. The van der Waals surface area contributed by atoms with Gasteiger partial charge in [-0.15, -0.1) is 0 Å². The Balaban J connectivity index is 0.00000507. The van der Waals surface area contributed by atoms with Crippen molar-refractivity contribution in [3.05, 3.63) is 62.7 Å². The van der Waals surface area contributed by atoms with Gasteiger partial charge in [-0.25, -0.2) is 20.5 Å². The third kappa shape index (κ3) is 7.53. The van der Waals surface area contributed by atoms with E-state index in [1.165, 1.54) is 19.4 Å². The second-order valence-corrected chi connectivity index (χ2v) is 11.3. The summed E-state index contributed by atoms with van der Waals surface area (Å²) in [5, 5.41) is 0. The van der Waals surface area contributed by atoms with Gasteiger partial charge in [0.25, 0.3) is 0 Å². The topological polar surface area (TPSA) is 81.2 Å². The Kier molecular flexibility index (Phi) is 10.0. The van der Waals surface area contributed by atoms with Crippen LogP contribution in [0.1, 0.15) is 61.0 Å². The zero-order valence-corrected chi connectivity index (χ0v) is 26.9. The minimum atomic E-state index is -0.608. The molecule has 38 heavy (non-hydrogen) atoms. The minimum Gasteiger partial charge on any atom is -0.482 e. The van der Waals surface area contributed by atoms with Gasteiger partial charge in [0.05, 0.1) is 21.9 Å². The predicted molar refractivity (Wildman–Crippen MR) is 146 cm³/mol. The maximum Gasteiger partial charge on any atom is 0.408 e. The van der Waals surface area contributed by atoms with Crippen LogP contribution in [-0.2, 0) is 9.47 Å². The molecule has 1 amide bonds. The second kappa shape index (κ2) is 12.4. The number of ether oxygens (including phenoxy) is 3. The molecular weight excluding hydrogens is 854 g/mol. The van der Waals surface area contributed by atoms with E-state index in [1.807, 2.05) is 34.2 Å². The van der Waals surface area contributed by atoms with Gasteiger partial charge in [-0.1, -0.05) is 13.0 Å². The second-order valence-electron chi connectivity index (χ2n) is 10.1. The summed E-state index contributed by atoms with van der Waals surface area (Å²) in [5.41, 5.74) is 1.48. The van der Waals surface area contributed by atoms with E-state index in [0.29, 0.717) is 51.3 Å². The number of piperazine rings is 1. The van der Waals surface area contributed by atoms with Gasteiger partial charge < -0.3 is 24.0 Å². The van der Waals surface area contributed by atoms with E-state index in [1.54, 1.807) is 30.9 Å². The van der Waals surface area contributed by atoms with Gasteiger partial charge in [-0.3, -0.25) is 4.98 Å². The average molecular weight is 888 g/mol. The first-order valence-electron chi connectivity index (χ1n) is 12.0. The molecule has 0 bridgehead atoms. The summed E-state index contributed by atoms with van der Waals surface area (Å²) in [6, 6.07) is 4.68. The Morgan fingerprint density at radius 1 is 1.21 bits per heavy atom. The van der Waals surface area contributed by atoms with Crippen LogP contribution >= 0.6 is 22.6 Å². The zero-order valence-electron chi connectivity index (χ0n) is 22.6. The Morgan fingerprint density at radius 2 is 1.89 bits per heavy atom. The van der Waals surface area contributed by atoms with Crippen LogP contribution in [-0.4, -0.2) is 65.2 Å². The molecule has 0 N–H and O–H groups in total. The van der Waals surface area contributed by atoms with Crippen LogP contribution in [0.15, 0.2) is 24.4 Å². The fourth-order valence-corrected chi connectivity index (χ4v) is 4.55. The van der Waals surface area contributed by atoms with Gasteiger partial charge >= 0.3 is 12.1 Å². The van der Waals surface area contributed by atoms with Gasteiger partial charge in [0.15, 0.2) is 6.10 Å². The van der Waals surface area contributed by atoms with Gasteiger partial charge in [-0.2, -0.15) is 0 Å². The van der Waals surface area contributed by atoms with Gasteiger partial charge in [0.1, 0.15) is 17.2 Å². The molecule has 1 saturated heterocycles. The standard InChI is InChI=1S/C27H34FIN3O5.Lr/c1-16-10-23(21(29)11-19(16)25(33)35-7)36-24(22-12-20(28)17(2)13-30-22)15-31-8-9-32(18(3)14-31)26(34)37-27(4,5)6;/h10-14,18,24H,8-9,15H2,1-7H3;/q-1;/t18-,24-;/m1./s1. The first-order valence-corrected chi connectivity index (χ1v) is 13.1. The minimum absolute atomic E-state index is 0. The molecule has 0 spiro atoms. The third-order valence-corrected chi connectivity index (χ3v) is 6.76. The molecule has 0 aliphatic carbocycles. The summed E-state index contributed by atoms with van der Waals surface area (Å²) < 4.78 is 32.0. The Morgan fingerprint density at radius 3 is 2.47 bits per heavy atom. The molecule has 2 aromatic rings. The van der Waals surface area contributed by atoms with Crippen LogP contribution in [0.25, 0.3) is 0 Å². The van der Waals surface area contributed by atoms with Crippen molar-refractivity contribution in [3.63, 3.8) is 0 Å². The molecule has 8 nitrogen and oxygen atoms in total. The SMILES string of the molecule is COC(=O)c1cc(I)c(O[C@H](CN2[CH-][C@@H](C)N(C(=O)OC(C)(C)C)CC2)c2cc(F)c(C)cn2)cc1C.[Lr]. The fraction of sp³-hybridized carbons (Fsp3) is 0.481. The third-order valence-electron chi connectivity index (χ3n) is 5.92. The molecular formula is C27H34FILrN3O5-. The molecule has 2 heterocycles. The summed E-state index contributed by atoms with van der Waals surface area (Å²) in [6.07, 6.45) is 0.523. The number of rotatable bonds is 6. The summed E-state index contributed by atoms with van der Waals surface area (Å²) in [7, 11) is 1.34. The van der Waals surface area contributed by atoms with Crippen LogP contribution in [0.3, 0.4) is 0 Å². The first-order chi connectivity index (χ1) is 17.3. The van der Waals surface area contributed by atoms with Crippen molar-refractivity contribution in [2.45, 2.75) is 59.3 Å². The maximum absolute atomic E-state index is 14.5. The largest absolute Gasteiger partial charge is 0.482 e. The van der Waals surface area contributed by atoms with Crippen molar-refractivity contribution in [2.75, 3.05) is 26.7 Å². The Bertz CT molecular complexity index is 1160. The Hall–Kier alpha value is -3.47. The van der Waals surface area contributed by atoms with E-state index in [-0.39, 0.29) is 18.0 Å². The van der Waals surface area contributed by atoms with Crippen LogP contribution < -0.4 is 4.74 Å². The number of halogens is 2. The fourth-order valence-electron chi connectivity index (χ4n) is 3.95. The first kappa shape index (κ1) is 30.8. The summed E-state index contributed by atoms with van der Waals surface area (Å²) in [4.78, 5) is 32.9. The molecule has 0 saturated carbocycles. The van der Waals surface area contributed by atoms with Crippen LogP contribution in [0.4, 0.5) is 9.18 Å². The van der Waals surface area contributed by atoms with Crippen LogP contribution in [0, 0.1) is 29.8 Å². The van der Waals surface area contributed by atoms with Crippen LogP contribution in [0.2, 0.25) is 0 Å². The summed E-state index contributed by atoms with van der Waals surface area (Å²) >= 11 is 2.10. The number of carbonyl (C=O) groups excluding carboxylic acids is 2. The number of benzene rings is 1. The zero-order chi connectivity index (χ0) is 27.5. The molecule has 0 unspecified atom stereocenters. The number of aromatic nitrogens is 1. The maximum atomic E-state index is 14.5. The Labute approximate surface area is 231 Å². The number of esters is 1. The quantitative estimate of drug-likeness (QED) is 0.217. The van der Waals surface area contributed by atoms with Crippen molar-refractivity contribution in [1.29, 1.82) is 0 Å². The van der Waals surface area contributed by atoms with Gasteiger partial charge in [0, 0.05) is 24.8 Å². The number of methoxy groups -OCH3 is 1. The molecule has 1 aromatic carbocycles. The molecule has 2 atom stereocenters. The van der Waals surface area contributed by atoms with E-state index >= 15 is 0 Å². The van der Waals surface area contributed by atoms with Crippen molar-refractivity contribution in [1.82, 2.24) is 14.8 Å². The normalized spacial score (nSPS) is 16.9. The van der Waals surface area contributed by atoms with Crippen molar-refractivity contribution >= 4 is 34.7 Å². The molecule has 3 rings (SSSR count). The van der Waals surface area contributed by atoms with Gasteiger partial charge in [0.2, 0.25) is 0 Å². The number of carbonyl (C=O) groups is 2. The molecule has 1 aromatic heterocycles. The van der Waals surface area contributed by atoms with Crippen molar-refractivity contribution in [2.24, 2.45) is 0 Å². The number of hydrogen-bond acceptors (Lipinski definition) is 7. The number of nitrogens with zero attached hydrogens (tertiary/aromatic N) is 3. The molecule has 11 heteroatoms. The number of pyridine rings is 1. The van der Waals surface area contributed by atoms with E-state index in [2.05, 4.69) is 32.5 Å². The molecule has 1 aliphatic rings. The predicted octanol–water partition coefficient (Wildman–Crippen LogP) is 5.45.